The number of hydrogen-bond acceptors (Lipinski definition) is 3. The Morgan fingerprint density at radius 2 is 2.00 bits per heavy atom. The molecule has 0 radical (unpaired) electrons. The third-order valence-corrected chi connectivity index (χ3v) is 4.53. The number of rotatable bonds is 6. The Labute approximate surface area is 123 Å². The molecule has 0 aromatic heterocycles. The molecule has 0 aliphatic carbocycles. The maximum Gasteiger partial charge on any atom is 0.317 e. The van der Waals surface area contributed by atoms with Crippen LogP contribution in [0.2, 0.25) is 0 Å². The Kier molecular flexibility index (Phi) is 6.76. The molecule has 0 aromatic rings. The zero-order valence-electron chi connectivity index (χ0n) is 13.4. The van der Waals surface area contributed by atoms with Gasteiger partial charge in [-0.05, 0) is 32.6 Å². The van der Waals surface area contributed by atoms with Crippen LogP contribution in [0.1, 0.15) is 47.0 Å². The summed E-state index contributed by atoms with van der Waals surface area (Å²) in [5.74, 6) is 0.283. The highest BCUT2D eigenvalue weighted by atomic mass is 16.3. The van der Waals surface area contributed by atoms with Gasteiger partial charge in [-0.25, -0.2) is 4.79 Å². The fourth-order valence-corrected chi connectivity index (χ4v) is 2.51. The van der Waals surface area contributed by atoms with Crippen molar-refractivity contribution in [3.63, 3.8) is 0 Å². The zero-order chi connectivity index (χ0) is 15.2. The average molecular weight is 285 g/mol. The Morgan fingerprint density at radius 3 is 2.50 bits per heavy atom. The maximum absolute atomic E-state index is 11.7. The molecule has 0 aromatic carbocycles. The molecule has 1 saturated heterocycles. The van der Waals surface area contributed by atoms with Crippen molar-refractivity contribution in [2.24, 2.45) is 5.92 Å². The van der Waals surface area contributed by atoms with E-state index in [4.69, 9.17) is 0 Å². The first-order valence-corrected chi connectivity index (χ1v) is 7.89. The molecular formula is C15H31N3O2. The van der Waals surface area contributed by atoms with Crippen molar-refractivity contribution >= 4 is 6.03 Å². The number of urea groups is 1. The molecule has 1 heterocycles. The number of carbonyl (C=O) groups is 1. The number of piperidine rings is 1. The normalized spacial score (nSPS) is 21.4. The number of nitrogens with zero attached hydrogens (tertiary/aromatic N) is 1. The third-order valence-electron chi connectivity index (χ3n) is 4.53. The summed E-state index contributed by atoms with van der Waals surface area (Å²) >= 11 is 0. The molecular weight excluding hydrogens is 254 g/mol. The van der Waals surface area contributed by atoms with Crippen LogP contribution in [0.15, 0.2) is 0 Å². The van der Waals surface area contributed by atoms with Gasteiger partial charge in [0.05, 0.1) is 5.60 Å². The van der Waals surface area contributed by atoms with Gasteiger partial charge in [-0.1, -0.05) is 20.3 Å². The number of aliphatic hydroxyl groups is 1. The van der Waals surface area contributed by atoms with Crippen LogP contribution in [-0.4, -0.2) is 53.9 Å². The predicted molar refractivity (Wildman–Crippen MR) is 81.7 cm³/mol. The predicted octanol–water partition coefficient (Wildman–Crippen LogP) is 1.57. The minimum atomic E-state index is -0.661. The van der Waals surface area contributed by atoms with E-state index < -0.39 is 5.60 Å². The van der Waals surface area contributed by atoms with Crippen molar-refractivity contribution in [3.05, 3.63) is 0 Å². The van der Waals surface area contributed by atoms with Gasteiger partial charge in [0.2, 0.25) is 0 Å². The topological polar surface area (TPSA) is 64.6 Å². The van der Waals surface area contributed by atoms with Gasteiger partial charge in [0.15, 0.2) is 0 Å². The van der Waals surface area contributed by atoms with Crippen molar-refractivity contribution in [1.29, 1.82) is 0 Å². The van der Waals surface area contributed by atoms with Gasteiger partial charge in [0.1, 0.15) is 0 Å². The molecule has 118 valence electrons. The largest absolute Gasteiger partial charge is 0.389 e. The van der Waals surface area contributed by atoms with Crippen molar-refractivity contribution in [3.8, 4) is 0 Å². The number of hydrogen-bond donors (Lipinski definition) is 3. The standard InChI is InChI=1S/C15H31N3O2/c1-5-12(3)15(4,20)11-17-13-7-9-18(10-8-13)14(19)16-6-2/h12-13,17,20H,5-11H2,1-4H3,(H,16,19)/t12-,15-/m0/s1. The van der Waals surface area contributed by atoms with E-state index in [1.165, 1.54) is 0 Å². The second-order valence-electron chi connectivity index (χ2n) is 6.14. The van der Waals surface area contributed by atoms with Crippen LogP contribution >= 0.6 is 0 Å². The Hall–Kier alpha value is -0.810. The molecule has 1 aliphatic rings. The second kappa shape index (κ2) is 7.84. The smallest absolute Gasteiger partial charge is 0.317 e. The van der Waals surface area contributed by atoms with Crippen molar-refractivity contribution in [1.82, 2.24) is 15.5 Å². The van der Waals surface area contributed by atoms with Gasteiger partial charge >= 0.3 is 6.03 Å². The van der Waals surface area contributed by atoms with Crippen LogP contribution < -0.4 is 10.6 Å². The number of nitrogens with one attached hydrogen (secondary N) is 2. The number of likely N-dealkylation sites (tertiary alicyclic amines) is 1. The molecule has 2 atom stereocenters. The maximum atomic E-state index is 11.7. The molecule has 20 heavy (non-hydrogen) atoms. The van der Waals surface area contributed by atoms with E-state index in [9.17, 15) is 9.90 Å². The fraction of sp³-hybridized carbons (Fsp3) is 0.933. The van der Waals surface area contributed by atoms with Gasteiger partial charge in [-0.15, -0.1) is 0 Å². The molecule has 0 bridgehead atoms. The summed E-state index contributed by atoms with van der Waals surface area (Å²) in [6.45, 7) is 10.9. The summed E-state index contributed by atoms with van der Waals surface area (Å²) in [5, 5.41) is 16.7. The molecule has 5 heteroatoms. The first-order valence-electron chi connectivity index (χ1n) is 7.89. The minimum Gasteiger partial charge on any atom is -0.389 e. The Morgan fingerprint density at radius 1 is 1.40 bits per heavy atom. The average Bonchev–Trinajstić information content (AvgIpc) is 2.45. The van der Waals surface area contributed by atoms with E-state index in [1.807, 2.05) is 18.7 Å². The SMILES string of the molecule is CCNC(=O)N1CCC(NC[C@](C)(O)[C@@H](C)CC)CC1. The van der Waals surface area contributed by atoms with E-state index in [0.717, 1.165) is 32.4 Å². The summed E-state index contributed by atoms with van der Waals surface area (Å²) in [4.78, 5) is 13.6. The quantitative estimate of drug-likeness (QED) is 0.694. The van der Waals surface area contributed by atoms with Crippen LogP contribution in [0.4, 0.5) is 4.79 Å². The fourth-order valence-electron chi connectivity index (χ4n) is 2.51. The Bertz CT molecular complexity index is 299. The van der Waals surface area contributed by atoms with E-state index in [1.54, 1.807) is 0 Å². The molecule has 1 fully saturated rings. The van der Waals surface area contributed by atoms with E-state index in [-0.39, 0.29) is 11.9 Å². The van der Waals surface area contributed by atoms with Crippen LogP contribution in [0.25, 0.3) is 0 Å². The summed E-state index contributed by atoms with van der Waals surface area (Å²) in [6, 6.07) is 0.439. The molecule has 1 rings (SSSR count). The van der Waals surface area contributed by atoms with Gasteiger partial charge in [0, 0.05) is 32.2 Å². The molecule has 0 spiro atoms. The highest BCUT2D eigenvalue weighted by Crippen LogP contribution is 2.20. The third kappa shape index (κ3) is 4.94. The van der Waals surface area contributed by atoms with Crippen LogP contribution in [0, 0.1) is 5.92 Å². The molecule has 0 saturated carbocycles. The first-order chi connectivity index (χ1) is 9.40. The molecule has 2 amide bonds. The summed E-state index contributed by atoms with van der Waals surface area (Å²) in [7, 11) is 0. The molecule has 1 aliphatic heterocycles. The van der Waals surface area contributed by atoms with Crippen molar-refractivity contribution in [2.75, 3.05) is 26.2 Å². The monoisotopic (exact) mass is 285 g/mol. The van der Waals surface area contributed by atoms with Crippen LogP contribution in [-0.2, 0) is 0 Å². The van der Waals surface area contributed by atoms with E-state index in [0.29, 0.717) is 19.1 Å². The lowest BCUT2D eigenvalue weighted by atomic mass is 9.88. The summed E-state index contributed by atoms with van der Waals surface area (Å²) < 4.78 is 0. The first kappa shape index (κ1) is 17.2. The number of carbonyl (C=O) groups excluding carboxylic acids is 1. The van der Waals surface area contributed by atoms with E-state index >= 15 is 0 Å². The molecule has 3 N–H and O–H groups in total. The minimum absolute atomic E-state index is 0.0394. The molecule has 5 nitrogen and oxygen atoms in total. The van der Waals surface area contributed by atoms with Crippen molar-refractivity contribution in [2.45, 2.75) is 58.6 Å². The van der Waals surface area contributed by atoms with Gasteiger partial charge in [0.25, 0.3) is 0 Å². The second-order valence-corrected chi connectivity index (χ2v) is 6.14. The summed E-state index contributed by atoms with van der Waals surface area (Å²) in [5.41, 5.74) is -0.661. The van der Waals surface area contributed by atoms with Gasteiger partial charge in [-0.3, -0.25) is 0 Å². The van der Waals surface area contributed by atoms with Gasteiger partial charge in [-0.2, -0.15) is 0 Å². The lowest BCUT2D eigenvalue weighted by molar-refractivity contribution is 0.00171. The molecule has 0 unspecified atom stereocenters. The zero-order valence-corrected chi connectivity index (χ0v) is 13.4. The number of amides is 2. The van der Waals surface area contributed by atoms with Crippen molar-refractivity contribution < 1.29 is 9.90 Å². The lowest BCUT2D eigenvalue weighted by Crippen LogP contribution is -2.51. The highest BCUT2D eigenvalue weighted by molar-refractivity contribution is 5.74. The Balaban J connectivity index is 2.31. The highest BCUT2D eigenvalue weighted by Gasteiger charge is 2.29. The van der Waals surface area contributed by atoms with E-state index in [2.05, 4.69) is 24.5 Å². The summed E-state index contributed by atoms with van der Waals surface area (Å²) in [6.07, 6.45) is 2.88. The van der Waals surface area contributed by atoms with Gasteiger partial charge < -0.3 is 20.6 Å². The van der Waals surface area contributed by atoms with Crippen LogP contribution in [0.5, 0.6) is 0 Å². The van der Waals surface area contributed by atoms with Crippen LogP contribution in [0.3, 0.4) is 0 Å². The lowest BCUT2D eigenvalue weighted by Gasteiger charge is -2.36.